The summed E-state index contributed by atoms with van der Waals surface area (Å²) in [4.78, 5) is 11.5. The third kappa shape index (κ3) is 5.28. The highest BCUT2D eigenvalue weighted by molar-refractivity contribution is 7.99. The number of nitrogens with zero attached hydrogens (tertiary/aromatic N) is 3. The van der Waals surface area contributed by atoms with Crippen LogP contribution in [-0.4, -0.2) is 33.1 Å². The number of carbonyl (C=O) groups is 1. The number of benzene rings is 1. The number of thioether (sulfide) groups is 1. The van der Waals surface area contributed by atoms with Gasteiger partial charge in [0, 0.05) is 11.6 Å². The first-order chi connectivity index (χ1) is 11.6. The maximum absolute atomic E-state index is 11.5. The molecule has 1 aromatic heterocycles. The molecule has 0 fully saturated rings. The first-order valence-electron chi connectivity index (χ1n) is 7.33. The molecule has 0 saturated heterocycles. The molecule has 24 heavy (non-hydrogen) atoms. The van der Waals surface area contributed by atoms with Crippen LogP contribution in [0.1, 0.15) is 12.7 Å². The van der Waals surface area contributed by atoms with E-state index in [1.807, 2.05) is 4.57 Å². The summed E-state index contributed by atoms with van der Waals surface area (Å²) in [5.74, 6) is 1.24. The fourth-order valence-electron chi connectivity index (χ4n) is 1.85. The van der Waals surface area contributed by atoms with E-state index in [0.29, 0.717) is 34.9 Å². The Kier molecular flexibility index (Phi) is 7.14. The molecule has 0 unspecified atom stereocenters. The van der Waals surface area contributed by atoms with Crippen LogP contribution in [0.2, 0.25) is 5.02 Å². The van der Waals surface area contributed by atoms with Crippen LogP contribution in [0, 0.1) is 0 Å². The number of esters is 1. The predicted molar refractivity (Wildman–Crippen MR) is 93.4 cm³/mol. The highest BCUT2D eigenvalue weighted by Gasteiger charge is 2.14. The van der Waals surface area contributed by atoms with Crippen LogP contribution in [0.25, 0.3) is 0 Å². The van der Waals surface area contributed by atoms with Crippen LogP contribution in [0.15, 0.2) is 42.1 Å². The summed E-state index contributed by atoms with van der Waals surface area (Å²) in [7, 11) is 0. The molecule has 8 heteroatoms. The lowest BCUT2D eigenvalue weighted by Crippen LogP contribution is -2.10. The van der Waals surface area contributed by atoms with Gasteiger partial charge in [-0.1, -0.05) is 29.4 Å². The smallest absolute Gasteiger partial charge is 0.316 e. The Morgan fingerprint density at radius 3 is 2.79 bits per heavy atom. The number of allylic oxidation sites excluding steroid dienone is 1. The van der Waals surface area contributed by atoms with Crippen LogP contribution < -0.4 is 4.74 Å². The summed E-state index contributed by atoms with van der Waals surface area (Å²) in [6.45, 7) is 6.65. The number of ether oxygens (including phenoxy) is 2. The maximum Gasteiger partial charge on any atom is 0.316 e. The molecule has 0 aliphatic carbocycles. The van der Waals surface area contributed by atoms with Gasteiger partial charge in [0.05, 0.1) is 12.4 Å². The van der Waals surface area contributed by atoms with Crippen LogP contribution in [0.3, 0.4) is 0 Å². The fraction of sp³-hybridized carbons (Fsp3) is 0.312. The van der Waals surface area contributed by atoms with E-state index in [0.717, 1.165) is 0 Å². The molecule has 0 spiro atoms. The summed E-state index contributed by atoms with van der Waals surface area (Å²) < 4.78 is 12.5. The van der Waals surface area contributed by atoms with Gasteiger partial charge in [-0.05, 0) is 31.2 Å². The van der Waals surface area contributed by atoms with Gasteiger partial charge in [-0.25, -0.2) is 0 Å². The van der Waals surface area contributed by atoms with Gasteiger partial charge >= 0.3 is 5.97 Å². The average molecular weight is 368 g/mol. The zero-order chi connectivity index (χ0) is 17.4. The van der Waals surface area contributed by atoms with E-state index in [2.05, 4.69) is 16.8 Å². The molecular weight excluding hydrogens is 350 g/mol. The van der Waals surface area contributed by atoms with Gasteiger partial charge in [0.25, 0.3) is 0 Å². The minimum Gasteiger partial charge on any atom is -0.486 e. The largest absolute Gasteiger partial charge is 0.486 e. The molecule has 0 aliphatic heterocycles. The Labute approximate surface area is 149 Å². The molecule has 0 atom stereocenters. The zero-order valence-electron chi connectivity index (χ0n) is 13.3. The Balaban J connectivity index is 2.02. The molecule has 2 aromatic rings. The monoisotopic (exact) mass is 367 g/mol. The van der Waals surface area contributed by atoms with Crippen molar-refractivity contribution in [1.82, 2.24) is 14.8 Å². The topological polar surface area (TPSA) is 66.2 Å². The van der Waals surface area contributed by atoms with Crippen LogP contribution in [0.5, 0.6) is 5.75 Å². The van der Waals surface area contributed by atoms with E-state index in [1.165, 1.54) is 11.8 Å². The second-order valence-electron chi connectivity index (χ2n) is 4.63. The third-order valence-electron chi connectivity index (χ3n) is 2.91. The number of aromatic nitrogens is 3. The van der Waals surface area contributed by atoms with Crippen molar-refractivity contribution in [2.45, 2.75) is 25.2 Å². The second-order valence-corrected chi connectivity index (χ2v) is 6.01. The summed E-state index contributed by atoms with van der Waals surface area (Å²) in [5.41, 5.74) is 0. The van der Waals surface area contributed by atoms with Crippen molar-refractivity contribution in [3.63, 3.8) is 0 Å². The lowest BCUT2D eigenvalue weighted by Gasteiger charge is -2.09. The van der Waals surface area contributed by atoms with Crippen molar-refractivity contribution in [2.24, 2.45) is 0 Å². The van der Waals surface area contributed by atoms with E-state index < -0.39 is 0 Å². The van der Waals surface area contributed by atoms with Gasteiger partial charge in [-0.2, -0.15) is 0 Å². The molecule has 6 nitrogen and oxygen atoms in total. The van der Waals surface area contributed by atoms with Crippen LogP contribution in [0.4, 0.5) is 0 Å². The molecule has 0 radical (unpaired) electrons. The number of halogens is 1. The minimum absolute atomic E-state index is 0.182. The molecule has 128 valence electrons. The van der Waals surface area contributed by atoms with E-state index in [-0.39, 0.29) is 18.3 Å². The first kappa shape index (κ1) is 18.4. The molecule has 0 aliphatic rings. The van der Waals surface area contributed by atoms with Crippen molar-refractivity contribution < 1.29 is 14.3 Å². The first-order valence-corrected chi connectivity index (χ1v) is 8.70. The van der Waals surface area contributed by atoms with Gasteiger partial charge in [-0.3, -0.25) is 9.36 Å². The molecule has 0 saturated carbocycles. The zero-order valence-corrected chi connectivity index (χ0v) is 14.8. The highest BCUT2D eigenvalue weighted by Crippen LogP contribution is 2.20. The van der Waals surface area contributed by atoms with Crippen LogP contribution >= 0.6 is 23.4 Å². The van der Waals surface area contributed by atoms with Gasteiger partial charge in [0.2, 0.25) is 0 Å². The number of rotatable bonds is 9. The van der Waals surface area contributed by atoms with Crippen molar-refractivity contribution in [1.29, 1.82) is 0 Å². The lowest BCUT2D eigenvalue weighted by molar-refractivity contribution is -0.139. The summed E-state index contributed by atoms with van der Waals surface area (Å²) >= 11 is 7.12. The highest BCUT2D eigenvalue weighted by atomic mass is 35.5. The molecule has 0 bridgehead atoms. The van der Waals surface area contributed by atoms with Crippen molar-refractivity contribution in [3.05, 3.63) is 47.8 Å². The quantitative estimate of drug-likeness (QED) is 0.384. The number of hydrogen-bond donors (Lipinski definition) is 0. The van der Waals surface area contributed by atoms with E-state index in [9.17, 15) is 4.79 Å². The van der Waals surface area contributed by atoms with Gasteiger partial charge in [-0.15, -0.1) is 16.8 Å². The SMILES string of the molecule is C=CCn1c(COc2ccc(Cl)cc2)nnc1SCC(=O)OCC. The Morgan fingerprint density at radius 2 is 2.12 bits per heavy atom. The molecule has 1 aromatic carbocycles. The summed E-state index contributed by atoms with van der Waals surface area (Å²) in [6, 6.07) is 7.08. The van der Waals surface area contributed by atoms with E-state index in [4.69, 9.17) is 21.1 Å². The third-order valence-corrected chi connectivity index (χ3v) is 4.10. The Bertz CT molecular complexity index is 688. The standard InChI is InChI=1S/C16H18ClN3O3S/c1-3-9-20-14(10-23-13-7-5-12(17)6-8-13)18-19-16(20)24-11-15(21)22-4-2/h3,5-8H,1,4,9-11H2,2H3. The van der Waals surface area contributed by atoms with Crippen molar-refractivity contribution in [2.75, 3.05) is 12.4 Å². The average Bonchev–Trinajstić information content (AvgIpc) is 2.95. The van der Waals surface area contributed by atoms with E-state index >= 15 is 0 Å². The van der Waals surface area contributed by atoms with Gasteiger partial charge in [0.15, 0.2) is 11.0 Å². The normalized spacial score (nSPS) is 10.4. The Morgan fingerprint density at radius 1 is 1.38 bits per heavy atom. The fourth-order valence-corrected chi connectivity index (χ4v) is 2.74. The minimum atomic E-state index is -0.283. The molecule has 0 amide bonds. The van der Waals surface area contributed by atoms with Crippen LogP contribution in [-0.2, 0) is 22.7 Å². The number of hydrogen-bond acceptors (Lipinski definition) is 6. The number of carbonyl (C=O) groups excluding carboxylic acids is 1. The van der Waals surface area contributed by atoms with Crippen molar-refractivity contribution in [3.8, 4) is 5.75 Å². The van der Waals surface area contributed by atoms with Crippen molar-refractivity contribution >= 4 is 29.3 Å². The van der Waals surface area contributed by atoms with Gasteiger partial charge < -0.3 is 9.47 Å². The van der Waals surface area contributed by atoms with Gasteiger partial charge in [0.1, 0.15) is 12.4 Å². The lowest BCUT2D eigenvalue weighted by atomic mass is 10.3. The predicted octanol–water partition coefficient (Wildman–Crippen LogP) is 3.35. The maximum atomic E-state index is 11.5. The summed E-state index contributed by atoms with van der Waals surface area (Å²) in [6.07, 6.45) is 1.74. The molecule has 1 heterocycles. The van der Waals surface area contributed by atoms with E-state index in [1.54, 1.807) is 37.3 Å². The summed E-state index contributed by atoms with van der Waals surface area (Å²) in [5, 5.41) is 9.52. The molecule has 0 N–H and O–H groups in total. The molecular formula is C16H18ClN3O3S. The Hall–Kier alpha value is -1.99. The second kappa shape index (κ2) is 9.34. The molecule has 2 rings (SSSR count).